The number of nitrogens with one attached hydrogen (secondary N) is 2. The first-order valence-electron chi connectivity index (χ1n) is 6.39. The highest BCUT2D eigenvalue weighted by atomic mass is 32.2. The van der Waals surface area contributed by atoms with Crippen LogP contribution < -0.4 is 14.8 Å². The predicted octanol–water partition coefficient (Wildman–Crippen LogP) is 1.49. The average molecular weight is 310 g/mol. The zero-order chi connectivity index (χ0) is 15.3. The maximum Gasteiger partial charge on any atom is 0.240 e. The molecular formula is C14H18N2O4S. The van der Waals surface area contributed by atoms with Crippen LogP contribution in [0.1, 0.15) is 11.1 Å². The van der Waals surface area contributed by atoms with Crippen molar-refractivity contribution in [2.75, 3.05) is 14.2 Å². The van der Waals surface area contributed by atoms with E-state index in [1.54, 1.807) is 32.4 Å². The highest BCUT2D eigenvalue weighted by Crippen LogP contribution is 2.22. The van der Waals surface area contributed by atoms with Crippen molar-refractivity contribution >= 4 is 10.0 Å². The van der Waals surface area contributed by atoms with E-state index in [9.17, 15) is 8.42 Å². The largest absolute Gasteiger partial charge is 0.496 e. The van der Waals surface area contributed by atoms with Gasteiger partial charge in [-0.25, -0.2) is 13.1 Å². The first kappa shape index (κ1) is 15.6. The second kappa shape index (κ2) is 6.75. The predicted molar refractivity (Wildman–Crippen MR) is 78.5 cm³/mol. The lowest BCUT2D eigenvalue weighted by atomic mass is 10.2. The Kier molecular flexibility index (Phi) is 5.00. The van der Waals surface area contributed by atoms with Gasteiger partial charge in [0.05, 0.1) is 24.5 Å². The van der Waals surface area contributed by atoms with Gasteiger partial charge in [-0.15, -0.1) is 0 Å². The Morgan fingerprint density at radius 1 is 1.24 bits per heavy atom. The van der Waals surface area contributed by atoms with Crippen molar-refractivity contribution in [3.63, 3.8) is 0 Å². The highest BCUT2D eigenvalue weighted by molar-refractivity contribution is 7.89. The molecule has 1 aromatic heterocycles. The summed E-state index contributed by atoms with van der Waals surface area (Å²) in [6.07, 6.45) is 3.00. The summed E-state index contributed by atoms with van der Waals surface area (Å²) >= 11 is 0. The first-order valence-corrected chi connectivity index (χ1v) is 7.87. The monoisotopic (exact) mass is 310 g/mol. The van der Waals surface area contributed by atoms with Gasteiger partial charge in [0.2, 0.25) is 10.0 Å². The third kappa shape index (κ3) is 3.84. The van der Waals surface area contributed by atoms with Crippen LogP contribution in [0.25, 0.3) is 0 Å². The third-order valence-corrected chi connectivity index (χ3v) is 4.37. The Balaban J connectivity index is 2.20. The summed E-state index contributed by atoms with van der Waals surface area (Å²) in [5.41, 5.74) is 1.55. The van der Waals surface area contributed by atoms with Crippen molar-refractivity contribution in [3.8, 4) is 5.75 Å². The van der Waals surface area contributed by atoms with Crippen molar-refractivity contribution in [1.82, 2.24) is 10.0 Å². The minimum absolute atomic E-state index is 0.187. The molecule has 0 spiro atoms. The van der Waals surface area contributed by atoms with Crippen molar-refractivity contribution in [1.29, 1.82) is 0 Å². The summed E-state index contributed by atoms with van der Waals surface area (Å²) in [7, 11) is -0.232. The fourth-order valence-electron chi connectivity index (χ4n) is 1.91. The van der Waals surface area contributed by atoms with E-state index in [2.05, 4.69) is 10.0 Å². The van der Waals surface area contributed by atoms with Crippen LogP contribution in [0.15, 0.2) is 46.1 Å². The molecule has 1 aromatic carbocycles. The van der Waals surface area contributed by atoms with Gasteiger partial charge in [-0.2, -0.15) is 0 Å². The normalized spacial score (nSPS) is 11.5. The summed E-state index contributed by atoms with van der Waals surface area (Å²) in [6, 6.07) is 6.49. The molecular weight excluding hydrogens is 292 g/mol. The molecule has 0 amide bonds. The van der Waals surface area contributed by atoms with Gasteiger partial charge < -0.3 is 14.5 Å². The average Bonchev–Trinajstić information content (AvgIpc) is 2.99. The van der Waals surface area contributed by atoms with E-state index in [4.69, 9.17) is 9.15 Å². The Bertz CT molecular complexity index is 681. The summed E-state index contributed by atoms with van der Waals surface area (Å²) < 4.78 is 37.2. The standard InChI is InChI=1S/C14H18N2O4S/c1-15-9-12-7-13(3-4-14(12)19-2)21(17,18)16-8-11-5-6-20-10-11/h3-7,10,15-16H,8-9H2,1-2H3. The van der Waals surface area contributed by atoms with Crippen LogP contribution >= 0.6 is 0 Å². The van der Waals surface area contributed by atoms with Crippen LogP contribution in [-0.2, 0) is 23.1 Å². The highest BCUT2D eigenvalue weighted by Gasteiger charge is 2.16. The van der Waals surface area contributed by atoms with Gasteiger partial charge in [-0.05, 0) is 31.3 Å². The molecule has 0 bridgehead atoms. The molecule has 0 unspecified atom stereocenters. The molecule has 0 radical (unpaired) electrons. The smallest absolute Gasteiger partial charge is 0.240 e. The molecule has 0 aliphatic rings. The van der Waals surface area contributed by atoms with Crippen molar-refractivity contribution in [3.05, 3.63) is 47.9 Å². The third-order valence-electron chi connectivity index (χ3n) is 2.98. The fourth-order valence-corrected chi connectivity index (χ4v) is 2.97. The molecule has 0 saturated carbocycles. The maximum atomic E-state index is 12.3. The van der Waals surface area contributed by atoms with E-state index in [0.717, 1.165) is 11.1 Å². The number of hydrogen-bond acceptors (Lipinski definition) is 5. The first-order chi connectivity index (χ1) is 10.1. The summed E-state index contributed by atoms with van der Waals surface area (Å²) in [4.78, 5) is 0.206. The molecule has 0 aliphatic heterocycles. The number of rotatable bonds is 7. The van der Waals surface area contributed by atoms with Crippen molar-refractivity contribution < 1.29 is 17.6 Å². The molecule has 0 fully saturated rings. The number of ether oxygens (including phenoxy) is 1. The van der Waals surface area contributed by atoms with Crippen LogP contribution in [0.3, 0.4) is 0 Å². The molecule has 0 saturated heterocycles. The molecule has 2 rings (SSSR count). The Morgan fingerprint density at radius 2 is 2.05 bits per heavy atom. The minimum atomic E-state index is -3.58. The zero-order valence-corrected chi connectivity index (χ0v) is 12.7. The summed E-state index contributed by atoms with van der Waals surface area (Å²) in [5, 5.41) is 2.98. The van der Waals surface area contributed by atoms with Gasteiger partial charge in [0.25, 0.3) is 0 Å². The van der Waals surface area contributed by atoms with Crippen LogP contribution in [-0.4, -0.2) is 22.6 Å². The lowest BCUT2D eigenvalue weighted by molar-refractivity contribution is 0.408. The quantitative estimate of drug-likeness (QED) is 0.810. The molecule has 2 aromatic rings. The second-order valence-electron chi connectivity index (χ2n) is 4.46. The molecule has 1 heterocycles. The lowest BCUT2D eigenvalue weighted by Gasteiger charge is -2.11. The van der Waals surface area contributed by atoms with Gasteiger partial charge in [-0.3, -0.25) is 0 Å². The lowest BCUT2D eigenvalue weighted by Crippen LogP contribution is -2.23. The van der Waals surface area contributed by atoms with Gasteiger partial charge in [0.1, 0.15) is 5.75 Å². The second-order valence-corrected chi connectivity index (χ2v) is 6.23. The van der Waals surface area contributed by atoms with Gasteiger partial charge >= 0.3 is 0 Å². The number of sulfonamides is 1. The van der Waals surface area contributed by atoms with E-state index in [0.29, 0.717) is 12.3 Å². The Labute approximate surface area is 124 Å². The van der Waals surface area contributed by atoms with Crippen LogP contribution in [0.5, 0.6) is 5.75 Å². The van der Waals surface area contributed by atoms with E-state index >= 15 is 0 Å². The van der Waals surface area contributed by atoms with E-state index < -0.39 is 10.0 Å². The maximum absolute atomic E-state index is 12.3. The molecule has 2 N–H and O–H groups in total. The molecule has 114 valence electrons. The van der Waals surface area contributed by atoms with Gasteiger partial charge in [0, 0.05) is 24.2 Å². The molecule has 0 aliphatic carbocycles. The fraction of sp³-hybridized carbons (Fsp3) is 0.286. The Hall–Kier alpha value is -1.83. The van der Waals surface area contributed by atoms with E-state index in [-0.39, 0.29) is 11.4 Å². The molecule has 0 atom stereocenters. The van der Waals surface area contributed by atoms with E-state index in [1.165, 1.54) is 18.6 Å². The van der Waals surface area contributed by atoms with Gasteiger partial charge in [0.15, 0.2) is 0 Å². The number of methoxy groups -OCH3 is 1. The number of benzene rings is 1. The van der Waals surface area contributed by atoms with E-state index in [1.807, 2.05) is 0 Å². The van der Waals surface area contributed by atoms with Crippen LogP contribution in [0.2, 0.25) is 0 Å². The molecule has 21 heavy (non-hydrogen) atoms. The SMILES string of the molecule is CNCc1cc(S(=O)(=O)NCc2ccoc2)ccc1OC. The van der Waals surface area contributed by atoms with Crippen molar-refractivity contribution in [2.45, 2.75) is 18.0 Å². The molecule has 6 nitrogen and oxygen atoms in total. The minimum Gasteiger partial charge on any atom is -0.496 e. The molecule has 7 heteroatoms. The summed E-state index contributed by atoms with van der Waals surface area (Å²) in [6.45, 7) is 0.709. The number of furan rings is 1. The van der Waals surface area contributed by atoms with Crippen LogP contribution in [0, 0.1) is 0 Å². The van der Waals surface area contributed by atoms with Gasteiger partial charge in [-0.1, -0.05) is 0 Å². The van der Waals surface area contributed by atoms with Crippen LogP contribution in [0.4, 0.5) is 0 Å². The van der Waals surface area contributed by atoms with Crippen molar-refractivity contribution in [2.24, 2.45) is 0 Å². The topological polar surface area (TPSA) is 80.6 Å². The zero-order valence-electron chi connectivity index (χ0n) is 11.9. The Morgan fingerprint density at radius 3 is 2.67 bits per heavy atom. The number of hydrogen-bond donors (Lipinski definition) is 2. The summed E-state index contributed by atoms with van der Waals surface area (Å²) in [5.74, 6) is 0.651.